The lowest BCUT2D eigenvalue weighted by atomic mass is 10.2. The van der Waals surface area contributed by atoms with Crippen molar-refractivity contribution >= 4 is 11.9 Å². The van der Waals surface area contributed by atoms with E-state index in [1.54, 1.807) is 13.8 Å². The van der Waals surface area contributed by atoms with Gasteiger partial charge in [0.2, 0.25) is 5.91 Å². The minimum absolute atomic E-state index is 0.274. The van der Waals surface area contributed by atoms with E-state index in [1.807, 2.05) is 0 Å². The monoisotopic (exact) mass is 187 g/mol. The van der Waals surface area contributed by atoms with Crippen LogP contribution in [-0.4, -0.2) is 40.3 Å². The Labute approximate surface area is 76.3 Å². The third-order valence-electron chi connectivity index (χ3n) is 2.16. The Balaban J connectivity index is 2.89. The molecule has 0 aromatic heterocycles. The third kappa shape index (κ3) is 1.65. The molecule has 3 atom stereocenters. The van der Waals surface area contributed by atoms with Crippen molar-refractivity contribution in [1.82, 2.24) is 4.90 Å². The summed E-state index contributed by atoms with van der Waals surface area (Å²) in [4.78, 5) is 23.1. The molecule has 13 heavy (non-hydrogen) atoms. The van der Waals surface area contributed by atoms with Crippen LogP contribution in [0.25, 0.3) is 0 Å². The molecule has 0 bridgehead atoms. The second-order valence-electron chi connectivity index (χ2n) is 3.15. The molecule has 1 unspecified atom stereocenters. The van der Waals surface area contributed by atoms with Crippen LogP contribution in [0.1, 0.15) is 20.8 Å². The normalized spacial score (nSPS) is 33.5. The molecule has 1 heterocycles. The van der Waals surface area contributed by atoms with Crippen LogP contribution in [-0.2, 0) is 14.3 Å². The minimum atomic E-state index is -1.02. The molecule has 1 rings (SSSR count). The predicted octanol–water partition coefficient (Wildman–Crippen LogP) is 0.0528. The Morgan fingerprint density at radius 1 is 1.38 bits per heavy atom. The van der Waals surface area contributed by atoms with Gasteiger partial charge in [-0.3, -0.25) is 4.79 Å². The maximum Gasteiger partial charge on any atom is 0.329 e. The second-order valence-corrected chi connectivity index (χ2v) is 3.15. The molecule has 74 valence electrons. The summed E-state index contributed by atoms with van der Waals surface area (Å²) in [6.45, 7) is 4.66. The van der Waals surface area contributed by atoms with Crippen LogP contribution in [0.4, 0.5) is 0 Å². The Morgan fingerprint density at radius 2 is 1.92 bits per heavy atom. The van der Waals surface area contributed by atoms with E-state index in [4.69, 9.17) is 9.84 Å². The maximum atomic E-state index is 11.1. The number of amides is 1. The molecule has 0 saturated carbocycles. The van der Waals surface area contributed by atoms with Gasteiger partial charge < -0.3 is 14.7 Å². The van der Waals surface area contributed by atoms with E-state index in [-0.39, 0.29) is 5.91 Å². The zero-order chi connectivity index (χ0) is 10.2. The van der Waals surface area contributed by atoms with Gasteiger partial charge in [0, 0.05) is 6.92 Å². The minimum Gasteiger partial charge on any atom is -0.480 e. The first-order chi connectivity index (χ1) is 5.95. The average molecular weight is 187 g/mol. The number of nitrogens with zero attached hydrogens (tertiary/aromatic N) is 1. The molecule has 5 heteroatoms. The molecule has 0 aromatic carbocycles. The van der Waals surface area contributed by atoms with Crippen molar-refractivity contribution in [2.45, 2.75) is 39.1 Å². The van der Waals surface area contributed by atoms with E-state index in [2.05, 4.69) is 0 Å². The molecular weight excluding hydrogens is 174 g/mol. The molecule has 1 aliphatic rings. The Bertz CT molecular complexity index is 216. The number of carbonyl (C=O) groups excluding carboxylic acids is 1. The SMILES string of the molecule is CC(=O)N1C(C)O[C@H](C)[C@H]1C(=O)O. The van der Waals surface area contributed by atoms with Crippen molar-refractivity contribution in [2.75, 3.05) is 0 Å². The van der Waals surface area contributed by atoms with Crippen molar-refractivity contribution < 1.29 is 19.4 Å². The topological polar surface area (TPSA) is 66.8 Å². The molecule has 1 N–H and O–H groups in total. The first-order valence-electron chi connectivity index (χ1n) is 4.12. The third-order valence-corrected chi connectivity index (χ3v) is 2.16. The van der Waals surface area contributed by atoms with Gasteiger partial charge >= 0.3 is 5.97 Å². The van der Waals surface area contributed by atoms with Crippen LogP contribution in [0.15, 0.2) is 0 Å². The summed E-state index contributed by atoms with van der Waals surface area (Å²) in [5.74, 6) is -1.30. The van der Waals surface area contributed by atoms with Crippen molar-refractivity contribution in [3.63, 3.8) is 0 Å². The van der Waals surface area contributed by atoms with Crippen molar-refractivity contribution in [1.29, 1.82) is 0 Å². The predicted molar refractivity (Wildman–Crippen MR) is 44.0 cm³/mol. The van der Waals surface area contributed by atoms with Crippen LogP contribution >= 0.6 is 0 Å². The lowest BCUT2D eigenvalue weighted by molar-refractivity contribution is -0.149. The van der Waals surface area contributed by atoms with Gasteiger partial charge in [0.15, 0.2) is 6.04 Å². The highest BCUT2D eigenvalue weighted by atomic mass is 16.5. The molecule has 0 spiro atoms. The van der Waals surface area contributed by atoms with Gasteiger partial charge in [0.05, 0.1) is 6.10 Å². The highest BCUT2D eigenvalue weighted by Gasteiger charge is 2.43. The molecule has 1 amide bonds. The first kappa shape index (κ1) is 9.98. The first-order valence-corrected chi connectivity index (χ1v) is 4.12. The molecule has 5 nitrogen and oxygen atoms in total. The lowest BCUT2D eigenvalue weighted by Crippen LogP contribution is -2.45. The van der Waals surface area contributed by atoms with E-state index >= 15 is 0 Å². The quantitative estimate of drug-likeness (QED) is 0.630. The number of rotatable bonds is 1. The molecular formula is C8H13NO4. The smallest absolute Gasteiger partial charge is 0.329 e. The van der Waals surface area contributed by atoms with Gasteiger partial charge in [-0.2, -0.15) is 0 Å². The van der Waals surface area contributed by atoms with E-state index in [0.29, 0.717) is 0 Å². The number of aliphatic carboxylic acids is 1. The van der Waals surface area contributed by atoms with Crippen molar-refractivity contribution in [2.24, 2.45) is 0 Å². The number of carbonyl (C=O) groups is 2. The fraction of sp³-hybridized carbons (Fsp3) is 0.750. The standard InChI is InChI=1S/C8H13NO4/c1-4-7(8(11)12)9(5(2)10)6(3)13-4/h4,6-7H,1-3H3,(H,11,12)/t4-,6?,7+/m1/s1. The highest BCUT2D eigenvalue weighted by Crippen LogP contribution is 2.23. The van der Waals surface area contributed by atoms with Crippen LogP contribution in [0.5, 0.6) is 0 Å². The van der Waals surface area contributed by atoms with Gasteiger partial charge in [0.25, 0.3) is 0 Å². The van der Waals surface area contributed by atoms with E-state index in [1.165, 1.54) is 11.8 Å². The number of hydrogen-bond acceptors (Lipinski definition) is 3. The van der Waals surface area contributed by atoms with Gasteiger partial charge in [-0.1, -0.05) is 0 Å². The zero-order valence-electron chi connectivity index (χ0n) is 7.85. The van der Waals surface area contributed by atoms with Gasteiger partial charge in [-0.15, -0.1) is 0 Å². The van der Waals surface area contributed by atoms with Crippen molar-refractivity contribution in [3.05, 3.63) is 0 Å². The Morgan fingerprint density at radius 3 is 2.23 bits per heavy atom. The molecule has 0 aliphatic carbocycles. The number of carboxylic acids is 1. The fourth-order valence-electron chi connectivity index (χ4n) is 1.67. The average Bonchev–Trinajstić information content (AvgIpc) is 2.24. The summed E-state index contributed by atoms with van der Waals surface area (Å²) in [7, 11) is 0. The van der Waals surface area contributed by atoms with E-state index < -0.39 is 24.3 Å². The van der Waals surface area contributed by atoms with Gasteiger partial charge in [-0.05, 0) is 13.8 Å². The number of carboxylic acid groups (broad SMARTS) is 1. The molecule has 0 radical (unpaired) electrons. The Hall–Kier alpha value is -1.10. The van der Waals surface area contributed by atoms with Crippen LogP contribution in [0, 0.1) is 0 Å². The van der Waals surface area contributed by atoms with E-state index in [9.17, 15) is 9.59 Å². The van der Waals surface area contributed by atoms with Gasteiger partial charge in [0.1, 0.15) is 6.23 Å². The molecule has 1 saturated heterocycles. The second kappa shape index (κ2) is 3.33. The lowest BCUT2D eigenvalue weighted by Gasteiger charge is -2.22. The molecule has 1 aliphatic heterocycles. The summed E-state index contributed by atoms with van der Waals surface area (Å²) >= 11 is 0. The highest BCUT2D eigenvalue weighted by molar-refractivity contribution is 5.83. The summed E-state index contributed by atoms with van der Waals surface area (Å²) < 4.78 is 5.23. The summed E-state index contributed by atoms with van der Waals surface area (Å²) in [6.07, 6.45) is -0.898. The van der Waals surface area contributed by atoms with E-state index in [0.717, 1.165) is 0 Å². The number of ether oxygens (including phenoxy) is 1. The van der Waals surface area contributed by atoms with Crippen LogP contribution in [0.2, 0.25) is 0 Å². The zero-order valence-corrected chi connectivity index (χ0v) is 7.85. The maximum absolute atomic E-state index is 11.1. The molecule has 0 aromatic rings. The number of hydrogen-bond donors (Lipinski definition) is 1. The van der Waals surface area contributed by atoms with Gasteiger partial charge in [-0.25, -0.2) is 4.79 Å². The summed E-state index contributed by atoms with van der Waals surface area (Å²) in [5.41, 5.74) is 0. The largest absolute Gasteiger partial charge is 0.480 e. The fourth-order valence-corrected chi connectivity index (χ4v) is 1.67. The van der Waals surface area contributed by atoms with Crippen molar-refractivity contribution in [3.8, 4) is 0 Å². The van der Waals surface area contributed by atoms with Crippen LogP contribution < -0.4 is 0 Å². The van der Waals surface area contributed by atoms with Crippen LogP contribution in [0.3, 0.4) is 0 Å². The summed E-state index contributed by atoms with van der Waals surface area (Å²) in [5, 5.41) is 8.85. The Kier molecular flexibility index (Phi) is 2.56. The molecule has 1 fully saturated rings. The summed E-state index contributed by atoms with van der Waals surface area (Å²) in [6, 6.07) is -0.854.